The van der Waals surface area contributed by atoms with Crippen LogP contribution < -0.4 is 14.4 Å². The molecule has 16 heteroatoms. The van der Waals surface area contributed by atoms with Crippen LogP contribution in [-0.4, -0.2) is 92.5 Å². The summed E-state index contributed by atoms with van der Waals surface area (Å²) in [6.45, 7) is 10.1. The molecular formula is C26H33F4N5O6S. The lowest BCUT2D eigenvalue weighted by Crippen LogP contribution is -2.72. The van der Waals surface area contributed by atoms with Crippen LogP contribution in [0.25, 0.3) is 0 Å². The van der Waals surface area contributed by atoms with E-state index in [1.165, 1.54) is 24.7 Å². The molecule has 0 radical (unpaired) electrons. The van der Waals surface area contributed by atoms with Crippen molar-refractivity contribution in [3.8, 4) is 11.5 Å². The lowest BCUT2D eigenvalue weighted by molar-refractivity contribution is -0.192. The van der Waals surface area contributed by atoms with E-state index in [2.05, 4.69) is 24.5 Å². The average Bonchev–Trinajstić information content (AvgIpc) is 2.86. The Morgan fingerprint density at radius 2 is 1.83 bits per heavy atom. The number of benzene rings is 1. The second-order valence-corrected chi connectivity index (χ2v) is 12.7. The molecule has 4 heterocycles. The lowest BCUT2D eigenvalue weighted by Gasteiger charge is -2.61. The number of aromatic nitrogens is 2. The Balaban J connectivity index is 0.000000517. The molecule has 11 nitrogen and oxygen atoms in total. The lowest BCUT2D eigenvalue weighted by atomic mass is 9.72. The zero-order valence-corrected chi connectivity index (χ0v) is 23.9. The van der Waals surface area contributed by atoms with Crippen LogP contribution in [0.4, 0.5) is 23.4 Å². The van der Waals surface area contributed by atoms with Crippen molar-refractivity contribution in [3.63, 3.8) is 0 Å². The Morgan fingerprint density at radius 3 is 2.43 bits per heavy atom. The first-order chi connectivity index (χ1) is 19.7. The number of nitrogens with one attached hydrogen (secondary N) is 1. The van der Waals surface area contributed by atoms with Crippen molar-refractivity contribution in [3.05, 3.63) is 36.5 Å². The van der Waals surface area contributed by atoms with E-state index in [-0.39, 0.29) is 22.1 Å². The smallest absolute Gasteiger partial charge is 0.475 e. The summed E-state index contributed by atoms with van der Waals surface area (Å²) in [7, 11) is -3.97. The van der Waals surface area contributed by atoms with Crippen LogP contribution in [-0.2, 0) is 19.6 Å². The molecule has 0 amide bonds. The molecule has 1 spiro atoms. The number of rotatable bonds is 8. The minimum atomic E-state index is -5.08. The van der Waals surface area contributed by atoms with Crippen LogP contribution in [0, 0.1) is 17.2 Å². The number of carbonyl (C=O) groups is 1. The van der Waals surface area contributed by atoms with Crippen molar-refractivity contribution < 1.29 is 45.4 Å². The van der Waals surface area contributed by atoms with E-state index in [0.717, 1.165) is 70.8 Å². The number of ether oxygens (including phenoxy) is 2. The van der Waals surface area contributed by atoms with Gasteiger partial charge in [0.05, 0.1) is 6.20 Å². The van der Waals surface area contributed by atoms with Gasteiger partial charge in [-0.1, -0.05) is 0 Å². The third-order valence-electron chi connectivity index (χ3n) is 7.03. The first-order valence-electron chi connectivity index (χ1n) is 13.3. The van der Waals surface area contributed by atoms with Crippen molar-refractivity contribution in [2.45, 2.75) is 43.8 Å². The SMILES string of the molecule is CC(C)NS(=O)(=O)c1cc(F)ccc1Oc1cncnc1N1CC2(CN(CC3CCOCC3)C2)C1.O=C(O)C(F)(F)F. The first kappa shape index (κ1) is 31.8. The van der Waals surface area contributed by atoms with Gasteiger partial charge in [-0.05, 0) is 50.8 Å². The van der Waals surface area contributed by atoms with Gasteiger partial charge in [0, 0.05) is 57.4 Å². The molecule has 0 unspecified atom stereocenters. The standard InChI is InChI=1S/C24H32FN5O4S.C2HF3O2/c1-17(2)28-35(31,32)22-9-19(25)3-4-20(22)34-21-10-26-16-27-23(21)30-14-24(15-30)12-29(13-24)11-18-5-7-33-8-6-18;3-2(4,5)1(6)7/h3-4,9-10,16-18,28H,5-8,11-15H2,1-2H3;(H,6,7). The van der Waals surface area contributed by atoms with Crippen molar-refractivity contribution in [1.29, 1.82) is 0 Å². The number of nitrogens with zero attached hydrogens (tertiary/aromatic N) is 4. The first-order valence-corrected chi connectivity index (χ1v) is 14.8. The summed E-state index contributed by atoms with van der Waals surface area (Å²) in [4.78, 5) is 21.8. The number of anilines is 1. The molecule has 0 atom stereocenters. The molecule has 3 fully saturated rings. The van der Waals surface area contributed by atoms with Crippen molar-refractivity contribution >= 4 is 21.8 Å². The fourth-order valence-electron chi connectivity index (χ4n) is 5.33. The molecule has 3 aliphatic heterocycles. The van der Waals surface area contributed by atoms with Crippen molar-refractivity contribution in [2.24, 2.45) is 11.3 Å². The molecule has 232 valence electrons. The number of likely N-dealkylation sites (tertiary alicyclic amines) is 1. The fraction of sp³-hybridized carbons (Fsp3) is 0.577. The second-order valence-electron chi connectivity index (χ2n) is 11.1. The number of hydrogen-bond acceptors (Lipinski definition) is 9. The van der Waals surface area contributed by atoms with Crippen LogP contribution in [0.2, 0.25) is 0 Å². The van der Waals surface area contributed by atoms with Gasteiger partial charge in [-0.15, -0.1) is 0 Å². The molecule has 3 saturated heterocycles. The number of sulfonamides is 1. The van der Waals surface area contributed by atoms with E-state index in [1.54, 1.807) is 13.8 Å². The van der Waals surface area contributed by atoms with Crippen LogP contribution in [0.1, 0.15) is 26.7 Å². The average molecular weight is 620 g/mol. The van der Waals surface area contributed by atoms with E-state index in [0.29, 0.717) is 11.6 Å². The Kier molecular flexibility index (Phi) is 9.59. The van der Waals surface area contributed by atoms with Crippen LogP contribution in [0.3, 0.4) is 0 Å². The molecule has 0 bridgehead atoms. The predicted molar refractivity (Wildman–Crippen MR) is 142 cm³/mol. The third kappa shape index (κ3) is 7.85. The molecule has 2 N–H and O–H groups in total. The monoisotopic (exact) mass is 619 g/mol. The highest BCUT2D eigenvalue weighted by Gasteiger charge is 2.52. The normalized spacial score (nSPS) is 19.1. The van der Waals surface area contributed by atoms with E-state index in [4.69, 9.17) is 19.4 Å². The van der Waals surface area contributed by atoms with Gasteiger partial charge in [0.1, 0.15) is 22.8 Å². The van der Waals surface area contributed by atoms with Crippen molar-refractivity contribution in [1.82, 2.24) is 19.6 Å². The molecular weight excluding hydrogens is 586 g/mol. The minimum Gasteiger partial charge on any atom is -0.475 e. The summed E-state index contributed by atoms with van der Waals surface area (Å²) in [5.74, 6) is -1.72. The minimum absolute atomic E-state index is 0.0251. The number of carboxylic acids is 1. The Bertz CT molecular complexity index is 1360. The number of aliphatic carboxylic acids is 1. The van der Waals surface area contributed by atoms with E-state index in [1.807, 2.05) is 0 Å². The molecule has 5 rings (SSSR count). The highest BCUT2D eigenvalue weighted by Crippen LogP contribution is 2.45. The third-order valence-corrected chi connectivity index (χ3v) is 8.71. The molecule has 0 aliphatic carbocycles. The van der Waals surface area contributed by atoms with Gasteiger partial charge < -0.3 is 24.4 Å². The topological polar surface area (TPSA) is 134 Å². The van der Waals surface area contributed by atoms with Gasteiger partial charge >= 0.3 is 12.1 Å². The molecule has 42 heavy (non-hydrogen) atoms. The highest BCUT2D eigenvalue weighted by molar-refractivity contribution is 7.89. The van der Waals surface area contributed by atoms with E-state index >= 15 is 0 Å². The molecule has 1 aromatic carbocycles. The Hall–Kier alpha value is -3.08. The summed E-state index contributed by atoms with van der Waals surface area (Å²) >= 11 is 0. The zero-order chi connectivity index (χ0) is 30.7. The maximum Gasteiger partial charge on any atom is 0.490 e. The summed E-state index contributed by atoms with van der Waals surface area (Å²) in [5, 5.41) is 7.12. The fourth-order valence-corrected chi connectivity index (χ4v) is 6.72. The van der Waals surface area contributed by atoms with Crippen LogP contribution in [0.15, 0.2) is 35.6 Å². The summed E-state index contributed by atoms with van der Waals surface area (Å²) in [5.41, 5.74) is 0.263. The quantitative estimate of drug-likeness (QED) is 0.424. The predicted octanol–water partition coefficient (Wildman–Crippen LogP) is 3.28. The number of halogens is 4. The second kappa shape index (κ2) is 12.7. The molecule has 2 aromatic rings. The largest absolute Gasteiger partial charge is 0.490 e. The van der Waals surface area contributed by atoms with Gasteiger partial charge in [-0.2, -0.15) is 13.2 Å². The summed E-state index contributed by atoms with van der Waals surface area (Å²) in [6, 6.07) is 3.10. The maximum atomic E-state index is 13.9. The van der Waals surface area contributed by atoms with Gasteiger partial charge in [0.25, 0.3) is 0 Å². The van der Waals surface area contributed by atoms with Gasteiger partial charge in [0.2, 0.25) is 10.0 Å². The Morgan fingerprint density at radius 1 is 1.19 bits per heavy atom. The number of carboxylic acid groups (broad SMARTS) is 1. The van der Waals surface area contributed by atoms with Gasteiger partial charge in [-0.25, -0.2) is 32.3 Å². The molecule has 0 saturated carbocycles. The maximum absolute atomic E-state index is 13.9. The van der Waals surface area contributed by atoms with Gasteiger partial charge in [-0.3, -0.25) is 0 Å². The Labute approximate surface area is 240 Å². The zero-order valence-electron chi connectivity index (χ0n) is 23.1. The number of hydrogen-bond donors (Lipinski definition) is 2. The number of alkyl halides is 3. The van der Waals surface area contributed by atoms with E-state index < -0.39 is 28.0 Å². The summed E-state index contributed by atoms with van der Waals surface area (Å²) in [6.07, 6.45) is 0.172. The summed E-state index contributed by atoms with van der Waals surface area (Å²) < 4.78 is 85.2. The highest BCUT2D eigenvalue weighted by atomic mass is 32.2. The molecule has 3 aliphatic rings. The van der Waals surface area contributed by atoms with Crippen LogP contribution >= 0.6 is 0 Å². The van der Waals surface area contributed by atoms with Crippen LogP contribution in [0.5, 0.6) is 11.5 Å². The van der Waals surface area contributed by atoms with Crippen molar-refractivity contribution in [2.75, 3.05) is 50.8 Å². The van der Waals surface area contributed by atoms with E-state index in [9.17, 15) is 26.0 Å². The van der Waals surface area contributed by atoms with Gasteiger partial charge in [0.15, 0.2) is 11.6 Å². The molecule has 1 aromatic heterocycles.